The number of halogens is 6. The molecule has 3 amide bonds. The number of hydrogen-bond acceptors (Lipinski definition) is 4. The fourth-order valence-electron chi connectivity index (χ4n) is 2.45. The number of anilines is 1. The van der Waals surface area contributed by atoms with Crippen LogP contribution >= 0.6 is 11.8 Å². The van der Waals surface area contributed by atoms with Crippen molar-refractivity contribution >= 4 is 29.4 Å². The van der Waals surface area contributed by atoms with Gasteiger partial charge in [0.2, 0.25) is 0 Å². The molecule has 12 heteroatoms. The van der Waals surface area contributed by atoms with Gasteiger partial charge in [-0.05, 0) is 42.1 Å². The molecular formula is C18H12F6N2O3S. The third-order valence-electron chi connectivity index (χ3n) is 3.87. The number of imide groups is 1. The predicted octanol–water partition coefficient (Wildman–Crippen LogP) is 4.79. The Labute approximate surface area is 170 Å². The van der Waals surface area contributed by atoms with E-state index in [1.807, 2.05) is 5.32 Å². The number of nitrogens with zero attached hydrogens (tertiary/aromatic N) is 1. The van der Waals surface area contributed by atoms with Crippen LogP contribution in [0.3, 0.4) is 0 Å². The lowest BCUT2D eigenvalue weighted by molar-refractivity contribution is -0.0328. The number of urea groups is 1. The van der Waals surface area contributed by atoms with Crippen LogP contribution in [0.2, 0.25) is 0 Å². The highest BCUT2D eigenvalue weighted by Gasteiger charge is 2.35. The van der Waals surface area contributed by atoms with Gasteiger partial charge in [0.15, 0.2) is 0 Å². The van der Waals surface area contributed by atoms with E-state index in [9.17, 15) is 35.9 Å². The summed E-state index contributed by atoms with van der Waals surface area (Å²) in [7, 11) is 0. The van der Waals surface area contributed by atoms with Crippen LogP contribution in [0, 0.1) is 17.5 Å². The standard InChI is InChI=1S/C18H12F6N2O3S/c19-11-2-1-3-12(20)15(11)16(27)26(7-9-8-29-9)17(28)25-14-5-4-10(6-13(14)21)30-18(22,23)24/h1-6,9H,7-8H2,(H,25,28). The first-order valence-corrected chi connectivity index (χ1v) is 9.10. The van der Waals surface area contributed by atoms with E-state index in [2.05, 4.69) is 0 Å². The Kier molecular flexibility index (Phi) is 6.27. The van der Waals surface area contributed by atoms with E-state index in [0.717, 1.165) is 30.3 Å². The zero-order valence-corrected chi connectivity index (χ0v) is 15.6. The van der Waals surface area contributed by atoms with Gasteiger partial charge in [0, 0.05) is 4.90 Å². The maximum atomic E-state index is 14.1. The van der Waals surface area contributed by atoms with E-state index in [1.54, 1.807) is 0 Å². The largest absolute Gasteiger partial charge is 0.446 e. The van der Waals surface area contributed by atoms with Gasteiger partial charge in [0.25, 0.3) is 5.91 Å². The molecule has 0 aromatic heterocycles. The van der Waals surface area contributed by atoms with Crippen LogP contribution in [0.15, 0.2) is 41.3 Å². The summed E-state index contributed by atoms with van der Waals surface area (Å²) in [5.74, 6) is -4.91. The van der Waals surface area contributed by atoms with Crippen LogP contribution in [0.4, 0.5) is 36.8 Å². The fourth-order valence-corrected chi connectivity index (χ4v) is 3.01. The quantitative estimate of drug-likeness (QED) is 0.404. The predicted molar refractivity (Wildman–Crippen MR) is 94.5 cm³/mol. The molecule has 1 saturated heterocycles. The Bertz CT molecular complexity index is 961. The summed E-state index contributed by atoms with van der Waals surface area (Å²) in [6.07, 6.45) is -0.551. The summed E-state index contributed by atoms with van der Waals surface area (Å²) in [4.78, 5) is 25.1. The highest BCUT2D eigenvalue weighted by atomic mass is 32.2. The van der Waals surface area contributed by atoms with Crippen LogP contribution < -0.4 is 5.32 Å². The van der Waals surface area contributed by atoms with Crippen molar-refractivity contribution in [3.63, 3.8) is 0 Å². The number of alkyl halides is 3. The maximum Gasteiger partial charge on any atom is 0.446 e. The zero-order valence-electron chi connectivity index (χ0n) is 14.8. The SMILES string of the molecule is O=C(Nc1ccc(SC(F)(F)F)cc1F)N(CC1CO1)C(=O)c1c(F)cccc1F. The van der Waals surface area contributed by atoms with Crippen molar-refractivity contribution in [2.75, 3.05) is 18.5 Å². The number of carbonyl (C=O) groups excluding carboxylic acids is 2. The number of benzene rings is 2. The van der Waals surface area contributed by atoms with Gasteiger partial charge < -0.3 is 10.1 Å². The van der Waals surface area contributed by atoms with E-state index < -0.39 is 68.9 Å². The molecule has 0 spiro atoms. The molecule has 3 rings (SSSR count). The van der Waals surface area contributed by atoms with Gasteiger partial charge in [-0.25, -0.2) is 18.0 Å². The summed E-state index contributed by atoms with van der Waals surface area (Å²) >= 11 is -0.546. The Morgan fingerprint density at radius 3 is 2.27 bits per heavy atom. The first-order chi connectivity index (χ1) is 14.0. The molecule has 160 valence electrons. The molecule has 1 aliphatic rings. The summed E-state index contributed by atoms with van der Waals surface area (Å²) < 4.78 is 84.1. The molecule has 2 aromatic rings. The van der Waals surface area contributed by atoms with Crippen molar-refractivity contribution in [1.29, 1.82) is 0 Å². The molecule has 1 unspecified atom stereocenters. The van der Waals surface area contributed by atoms with E-state index in [1.165, 1.54) is 0 Å². The van der Waals surface area contributed by atoms with E-state index in [0.29, 0.717) is 11.0 Å². The molecule has 0 aliphatic carbocycles. The Hall–Kier alpha value is -2.73. The second-order valence-electron chi connectivity index (χ2n) is 6.09. The molecule has 2 aromatic carbocycles. The normalized spacial score (nSPS) is 15.6. The lowest BCUT2D eigenvalue weighted by Crippen LogP contribution is -2.43. The highest BCUT2D eigenvalue weighted by molar-refractivity contribution is 8.00. The smallest absolute Gasteiger partial charge is 0.371 e. The minimum absolute atomic E-state index is 0.203. The average molecular weight is 450 g/mol. The van der Waals surface area contributed by atoms with Gasteiger partial charge in [-0.15, -0.1) is 0 Å². The van der Waals surface area contributed by atoms with Gasteiger partial charge >= 0.3 is 11.5 Å². The van der Waals surface area contributed by atoms with Gasteiger partial charge in [0.1, 0.15) is 23.0 Å². The monoisotopic (exact) mass is 450 g/mol. The van der Waals surface area contributed by atoms with Crippen LogP contribution in [0.25, 0.3) is 0 Å². The van der Waals surface area contributed by atoms with Crippen molar-refractivity contribution in [2.24, 2.45) is 0 Å². The molecule has 5 nitrogen and oxygen atoms in total. The molecular weight excluding hydrogens is 438 g/mol. The minimum Gasteiger partial charge on any atom is -0.371 e. The van der Waals surface area contributed by atoms with Crippen LogP contribution in [0.1, 0.15) is 10.4 Å². The molecule has 1 aliphatic heterocycles. The Morgan fingerprint density at radius 1 is 1.10 bits per heavy atom. The molecule has 1 fully saturated rings. The molecule has 0 saturated carbocycles. The summed E-state index contributed by atoms with van der Waals surface area (Å²) in [6.45, 7) is -0.156. The first kappa shape index (κ1) is 22.0. The number of nitrogens with one attached hydrogen (secondary N) is 1. The lowest BCUT2D eigenvalue weighted by Gasteiger charge is -2.21. The molecule has 1 heterocycles. The number of carbonyl (C=O) groups is 2. The van der Waals surface area contributed by atoms with Crippen LogP contribution in [-0.4, -0.2) is 41.6 Å². The Balaban J connectivity index is 1.82. The number of hydrogen-bond donors (Lipinski definition) is 1. The van der Waals surface area contributed by atoms with E-state index in [4.69, 9.17) is 4.74 Å². The van der Waals surface area contributed by atoms with Crippen molar-refractivity contribution in [1.82, 2.24) is 4.90 Å². The van der Waals surface area contributed by atoms with Gasteiger partial charge in [-0.2, -0.15) is 13.2 Å². The number of amides is 3. The zero-order chi connectivity index (χ0) is 22.1. The molecule has 1 atom stereocenters. The third kappa shape index (κ3) is 5.45. The third-order valence-corrected chi connectivity index (χ3v) is 4.59. The molecule has 1 N–H and O–H groups in total. The average Bonchev–Trinajstić information content (AvgIpc) is 3.44. The fraction of sp³-hybridized carbons (Fsp3) is 0.222. The van der Waals surface area contributed by atoms with Crippen LogP contribution in [-0.2, 0) is 4.74 Å². The highest BCUT2D eigenvalue weighted by Crippen LogP contribution is 2.37. The number of thioether (sulfide) groups is 1. The summed E-state index contributed by atoms with van der Waals surface area (Å²) in [6, 6.07) is 3.82. The van der Waals surface area contributed by atoms with Gasteiger partial charge in [-0.3, -0.25) is 9.69 Å². The lowest BCUT2D eigenvalue weighted by atomic mass is 10.1. The number of rotatable bonds is 5. The Morgan fingerprint density at radius 2 is 1.73 bits per heavy atom. The van der Waals surface area contributed by atoms with E-state index >= 15 is 0 Å². The maximum absolute atomic E-state index is 14.1. The van der Waals surface area contributed by atoms with E-state index in [-0.39, 0.29) is 13.2 Å². The second-order valence-corrected chi connectivity index (χ2v) is 7.23. The van der Waals surface area contributed by atoms with Gasteiger partial charge in [0.05, 0.1) is 24.9 Å². The van der Waals surface area contributed by atoms with Crippen molar-refractivity contribution in [3.05, 3.63) is 59.4 Å². The topological polar surface area (TPSA) is 61.9 Å². The molecule has 0 bridgehead atoms. The van der Waals surface area contributed by atoms with Crippen molar-refractivity contribution in [3.8, 4) is 0 Å². The summed E-state index contributed by atoms with van der Waals surface area (Å²) in [5.41, 5.74) is -6.13. The number of ether oxygens (including phenoxy) is 1. The van der Waals surface area contributed by atoms with Gasteiger partial charge in [-0.1, -0.05) is 6.07 Å². The first-order valence-electron chi connectivity index (χ1n) is 8.29. The minimum atomic E-state index is -4.63. The summed E-state index contributed by atoms with van der Waals surface area (Å²) in [5, 5.41) is 2.02. The molecule has 30 heavy (non-hydrogen) atoms. The molecule has 0 radical (unpaired) electrons. The number of epoxide rings is 1. The second kappa shape index (κ2) is 8.56. The van der Waals surface area contributed by atoms with Crippen LogP contribution in [0.5, 0.6) is 0 Å². The van der Waals surface area contributed by atoms with Crippen molar-refractivity contribution < 1.29 is 40.7 Å². The van der Waals surface area contributed by atoms with Crippen molar-refractivity contribution in [2.45, 2.75) is 16.5 Å².